The summed E-state index contributed by atoms with van der Waals surface area (Å²) in [6.07, 6.45) is -22.7. The van der Waals surface area contributed by atoms with Crippen LogP contribution >= 0.6 is 0 Å². The van der Waals surface area contributed by atoms with Crippen LogP contribution in [0.2, 0.25) is 0 Å². The summed E-state index contributed by atoms with van der Waals surface area (Å²) in [6.45, 7) is 14.8. The van der Waals surface area contributed by atoms with Gasteiger partial charge in [0.1, 0.15) is 31.3 Å². The highest BCUT2D eigenvalue weighted by atomic mass is 16.8. The van der Waals surface area contributed by atoms with Gasteiger partial charge < -0.3 is 140 Å². The topological polar surface area (TPSA) is 529 Å². The number of carbonyl (C=O) groups is 14. The molecule has 4 N–H and O–H groups in total. The summed E-state index contributed by atoms with van der Waals surface area (Å²) >= 11 is 0. The minimum Gasteiger partial charge on any atom is -0.493 e. The first kappa shape index (κ1) is 109. The molecule has 45 heteroatoms. The van der Waals surface area contributed by atoms with Crippen molar-refractivity contribution in [1.82, 2.24) is 15.1 Å². The number of aliphatic hydroxyl groups excluding tert-OH is 2. The molecule has 784 valence electrons. The van der Waals surface area contributed by atoms with Crippen LogP contribution in [0.1, 0.15) is 129 Å². The number of hydrogen-bond donors (Lipinski definition) is 4. The van der Waals surface area contributed by atoms with Gasteiger partial charge in [-0.2, -0.15) is 0 Å². The highest BCUT2D eigenvalue weighted by molar-refractivity contribution is 6.07. The maximum Gasteiger partial charge on any atom is 0.416 e. The van der Waals surface area contributed by atoms with Gasteiger partial charge in [0.2, 0.25) is 30.7 Å². The molecule has 0 saturated carbocycles. The van der Waals surface area contributed by atoms with Gasteiger partial charge in [0.25, 0.3) is 11.8 Å². The average molecular weight is 2040 g/mol. The maximum absolute atomic E-state index is 15.0. The molecule has 14 atom stereocenters. The van der Waals surface area contributed by atoms with Crippen molar-refractivity contribution in [1.29, 1.82) is 0 Å². The molecule has 4 fully saturated rings. The molecular formula is C101H116N6O39. The zero-order valence-corrected chi connectivity index (χ0v) is 81.9. The van der Waals surface area contributed by atoms with E-state index in [-0.39, 0.29) is 186 Å². The Balaban J connectivity index is 0.636. The maximum atomic E-state index is 15.0. The number of ether oxygens (including phenoxy) is 23. The quantitative estimate of drug-likeness (QED) is 0.0122. The van der Waals surface area contributed by atoms with Crippen molar-refractivity contribution in [3.05, 3.63) is 173 Å². The van der Waals surface area contributed by atoms with E-state index in [1.54, 1.807) is 0 Å². The van der Waals surface area contributed by atoms with Gasteiger partial charge in [-0.1, -0.05) is 91.0 Å². The molecule has 0 bridgehead atoms. The molecule has 146 heavy (non-hydrogen) atoms. The number of anilines is 3. The number of carbonyl (C=O) groups excluding carboxylic acids is 14. The summed E-state index contributed by atoms with van der Waals surface area (Å²) in [4.78, 5) is 192. The Morgan fingerprint density at radius 1 is 0.432 bits per heavy atom. The lowest BCUT2D eigenvalue weighted by atomic mass is 9.97. The van der Waals surface area contributed by atoms with Gasteiger partial charge in [0.15, 0.2) is 72.1 Å². The molecule has 6 aromatic carbocycles. The molecule has 4 saturated heterocycles. The second-order valence-electron chi connectivity index (χ2n) is 34.4. The average Bonchev–Trinajstić information content (AvgIpc) is 1.60. The molecule has 45 nitrogen and oxygen atoms in total. The van der Waals surface area contributed by atoms with Gasteiger partial charge in [-0.25, -0.2) is 33.8 Å². The van der Waals surface area contributed by atoms with Crippen molar-refractivity contribution < 1.29 is 186 Å². The van der Waals surface area contributed by atoms with E-state index < -0.39 is 183 Å². The molecule has 13 rings (SSSR count). The van der Waals surface area contributed by atoms with E-state index in [9.17, 15) is 72.5 Å². The molecule has 6 aromatic rings. The first-order chi connectivity index (χ1) is 70.1. The molecule has 0 aromatic heterocycles. The number of methoxy groups -OCH3 is 4. The summed E-state index contributed by atoms with van der Waals surface area (Å²) in [6, 6.07) is 29.4. The van der Waals surface area contributed by atoms with E-state index in [4.69, 9.17) is 109 Å². The number of hydrogen-bond acceptors (Lipinski definition) is 39. The Kier molecular flexibility index (Phi) is 37.7. The first-order valence-corrected chi connectivity index (χ1v) is 46.8. The van der Waals surface area contributed by atoms with Crippen LogP contribution in [-0.4, -0.2) is 310 Å². The fourth-order valence-corrected chi connectivity index (χ4v) is 17.7. The number of alkyl carbamates (subject to hydrolysis) is 1. The van der Waals surface area contributed by atoms with Gasteiger partial charge in [0.05, 0.1) is 141 Å². The predicted molar refractivity (Wildman–Crippen MR) is 504 cm³/mol. The molecule has 0 radical (unpaired) electrons. The zero-order valence-electron chi connectivity index (χ0n) is 81.9. The van der Waals surface area contributed by atoms with Crippen LogP contribution in [0.5, 0.6) is 34.5 Å². The molecule has 1 aliphatic carbocycles. The van der Waals surface area contributed by atoms with E-state index in [0.717, 1.165) is 87.8 Å². The predicted octanol–water partition coefficient (Wildman–Crippen LogP) is 7.90. The fraction of sp³-hybridized carbons (Fsp3) is 0.465. The molecule has 0 spiro atoms. The minimum absolute atomic E-state index is 0.00203. The Hall–Kier alpha value is -14.7. The van der Waals surface area contributed by atoms with Crippen molar-refractivity contribution in [3.8, 4) is 45.6 Å². The summed E-state index contributed by atoms with van der Waals surface area (Å²) in [5.41, 5.74) is 5.62. The van der Waals surface area contributed by atoms with Crippen molar-refractivity contribution in [2.75, 3.05) is 136 Å². The van der Waals surface area contributed by atoms with E-state index in [1.807, 2.05) is 36.4 Å². The van der Waals surface area contributed by atoms with Crippen LogP contribution in [0.25, 0.3) is 11.1 Å². The summed E-state index contributed by atoms with van der Waals surface area (Å²) in [5.74, 6) is -9.61. The van der Waals surface area contributed by atoms with Gasteiger partial charge in [-0.15, -0.1) is 0 Å². The number of nitrogens with zero attached hydrogens (tertiary/aromatic N) is 4. The molecule has 0 unspecified atom stereocenters. The van der Waals surface area contributed by atoms with Crippen LogP contribution in [0.3, 0.4) is 0 Å². The normalized spacial score (nSPS) is 21.6. The lowest BCUT2D eigenvalue weighted by Crippen LogP contribution is -2.64. The van der Waals surface area contributed by atoms with Crippen LogP contribution in [-0.2, 0) is 137 Å². The van der Waals surface area contributed by atoms with Gasteiger partial charge in [0, 0.05) is 79.2 Å². The number of unbranched alkanes of at least 4 members (excludes halogenated alkanes) is 2. The third-order valence-electron chi connectivity index (χ3n) is 24.1. The molecular weight excluding hydrogens is 1920 g/mol. The number of esters is 8. The Morgan fingerprint density at radius 2 is 0.849 bits per heavy atom. The summed E-state index contributed by atoms with van der Waals surface area (Å²) < 4.78 is 131. The number of fused-ring (bicyclic) bond motifs is 7. The Morgan fingerprint density at radius 3 is 1.30 bits per heavy atom. The number of benzene rings is 6. The number of nitrogens with one attached hydrogen (secondary N) is 2. The highest BCUT2D eigenvalue weighted by Gasteiger charge is 2.59. The molecule has 6 amide bonds. The lowest BCUT2D eigenvalue weighted by molar-refractivity contribution is -0.282. The molecule has 7 aliphatic rings. The van der Waals surface area contributed by atoms with Crippen LogP contribution < -0.4 is 48.9 Å². The molecule has 6 heterocycles. The van der Waals surface area contributed by atoms with E-state index in [1.165, 1.54) is 90.7 Å². The van der Waals surface area contributed by atoms with Gasteiger partial charge >= 0.3 is 66.0 Å². The monoisotopic (exact) mass is 2040 g/mol. The van der Waals surface area contributed by atoms with Crippen molar-refractivity contribution in [2.24, 2.45) is 0 Å². The van der Waals surface area contributed by atoms with E-state index in [0.29, 0.717) is 36.0 Å². The lowest BCUT2D eigenvalue weighted by Gasteiger charge is -2.43. The van der Waals surface area contributed by atoms with E-state index >= 15 is 4.79 Å². The number of rotatable bonds is 44. The van der Waals surface area contributed by atoms with Crippen LogP contribution in [0, 0.1) is 0 Å². The first-order valence-electron chi connectivity index (χ1n) is 46.8. The van der Waals surface area contributed by atoms with Crippen LogP contribution in [0.4, 0.5) is 31.4 Å². The Bertz CT molecular complexity index is 5750. The van der Waals surface area contributed by atoms with Gasteiger partial charge in [-0.3, -0.25) is 43.2 Å². The number of amides is 6. The SMILES string of the molecule is C=C1C[C@H]2[C@H](O)N(C(=O)OCc3ccc(O[C@@H]4O[C@H](C(=O)OC)[C@@H](OC(C)=O)[C@H](OC(C)=O)[C@H]4OC(C)=O)cc3)c3cc(OCCCCCOc4cc5c(cc4OC)C(=O)N4CC(=C)C[C@H]4[C@H](O)N5C(=O)OCc4ccc(O[C@@H]5O[C@H](C(=O)OC)[C@@H](OC(C)=O)[C@H](OC(C)=O)[C@H]5OC(C)=O)c(NC(=O)CCOCCOCCOCCOCCNC(=O)OCC5c6ccccc6-c6ccccc65)c4)c(OC)cc3C(=O)N2C1. The van der Waals surface area contributed by atoms with E-state index in [2.05, 4.69) is 35.9 Å². The smallest absolute Gasteiger partial charge is 0.416 e. The van der Waals surface area contributed by atoms with Crippen molar-refractivity contribution >= 4 is 101 Å². The third-order valence-corrected chi connectivity index (χ3v) is 24.1. The van der Waals surface area contributed by atoms with Crippen molar-refractivity contribution in [3.63, 3.8) is 0 Å². The highest BCUT2D eigenvalue weighted by Crippen LogP contribution is 2.48. The Labute approximate surface area is 838 Å². The largest absolute Gasteiger partial charge is 0.493 e. The summed E-state index contributed by atoms with van der Waals surface area (Å²) in [5, 5.41) is 30.0. The minimum atomic E-state index is -1.91. The van der Waals surface area contributed by atoms with Gasteiger partial charge in [-0.05, 0) is 102 Å². The fourth-order valence-electron chi connectivity index (χ4n) is 17.7. The summed E-state index contributed by atoms with van der Waals surface area (Å²) in [7, 11) is 4.73. The third kappa shape index (κ3) is 26.9. The zero-order chi connectivity index (χ0) is 105. The second kappa shape index (κ2) is 50.7. The standard InChI is InChI=1S/C101H116N6O39/c1-54-42-75-93(117)106(100(122)135-51-62-24-27-64(28-25-62)143-97-89(141-60(7)112)85(139-58(5)110)83(137-56(3)108)87(145-97)95(119)126-11)73-47-80(78(124-9)45-69(73)91(115)104(75)49-54)132-32-18-13-19-33-133-81-48-74-70(46-79(81)125-10)92(116)105-50-55(2)43-76(105)94(118)107(74)101(123)136-52-63-26-29-77(144-98-90(142-61(8)113)86(140-59(6)111)84(138-57(4)109)88(146-98)96(120)127-12)72(44-63)103-82(114)30-34-128-36-38-130-40-41-131-39-37-129-35-31-102-99(121)134-53-71-67-22-16-14-20-65(67)66-21-15-17-23-68(66)71/h14-17,20-29,44-48,71,75-76,83-90,93-94,97-98,117-118H,1-2,13,18-19,30-43,49-53H2,3-12H3,(H,102,121)(H,103,114)/t75-,76-,83-,84-,85-,86-,87-,88-,89+,90+,93-,94-,97+,98+/m0/s1. The van der Waals surface area contributed by atoms with Crippen LogP contribution in [0.15, 0.2) is 140 Å². The molecule has 6 aliphatic heterocycles. The van der Waals surface area contributed by atoms with Crippen molar-refractivity contribution in [2.45, 2.75) is 185 Å². The second-order valence-corrected chi connectivity index (χ2v) is 34.4. The number of aliphatic hydroxyl groups is 2.